The Balaban J connectivity index is 1.67. The van der Waals surface area contributed by atoms with Gasteiger partial charge in [0.15, 0.2) is 5.76 Å². The van der Waals surface area contributed by atoms with Crippen LogP contribution in [0.1, 0.15) is 42.3 Å². The predicted molar refractivity (Wildman–Crippen MR) is 121 cm³/mol. The van der Waals surface area contributed by atoms with Gasteiger partial charge in [0, 0.05) is 23.2 Å². The van der Waals surface area contributed by atoms with Crippen molar-refractivity contribution in [3.05, 3.63) is 101 Å². The lowest BCUT2D eigenvalue weighted by molar-refractivity contribution is -0.129. The average molecular weight is 450 g/mol. The first-order chi connectivity index (χ1) is 15.8. The summed E-state index contributed by atoms with van der Waals surface area (Å²) < 4.78 is 26.8. The molecular formula is C26H25F2N3O2. The Kier molecular flexibility index (Phi) is 6.49. The number of aromatic nitrogens is 2. The van der Waals surface area contributed by atoms with Gasteiger partial charge in [0.25, 0.3) is 5.91 Å². The number of carbonyl (C=O) groups is 1. The number of aliphatic hydroxyl groups excluding tert-OH is 1. The standard InChI is InChI=1S/C26H25F2N3O2/c1-16(2)31-14-22(25(32)26(31)33)24-13-23(29-15-30-24)19(11-17-3-7-20(27)8-4-17)12-18-5-9-21(28)10-6-18/h3-10,13,15-16,19,32H,11-12,14H2,1-2H3. The summed E-state index contributed by atoms with van der Waals surface area (Å²) in [6.45, 7) is 4.06. The van der Waals surface area contributed by atoms with E-state index >= 15 is 0 Å². The fourth-order valence-corrected chi connectivity index (χ4v) is 4.05. The summed E-state index contributed by atoms with van der Waals surface area (Å²) in [5.41, 5.74) is 3.57. The van der Waals surface area contributed by atoms with Gasteiger partial charge >= 0.3 is 0 Å². The Labute approximate surface area is 191 Å². The summed E-state index contributed by atoms with van der Waals surface area (Å²) in [4.78, 5) is 22.8. The molecule has 0 spiro atoms. The first-order valence-corrected chi connectivity index (χ1v) is 10.9. The van der Waals surface area contributed by atoms with Gasteiger partial charge in [0.05, 0.1) is 12.2 Å². The van der Waals surface area contributed by atoms with E-state index in [-0.39, 0.29) is 35.9 Å². The lowest BCUT2D eigenvalue weighted by Crippen LogP contribution is -2.33. The highest BCUT2D eigenvalue weighted by atomic mass is 19.1. The SMILES string of the molecule is CC(C)N1CC(c2cc(C(Cc3ccc(F)cc3)Cc3ccc(F)cc3)ncn2)=C(O)C1=O. The van der Waals surface area contributed by atoms with Crippen LogP contribution in [0.25, 0.3) is 5.57 Å². The van der Waals surface area contributed by atoms with Crippen LogP contribution in [0.15, 0.2) is 66.7 Å². The van der Waals surface area contributed by atoms with Crippen LogP contribution in [0.4, 0.5) is 8.78 Å². The molecule has 1 N–H and O–H groups in total. The lowest BCUT2D eigenvalue weighted by atomic mass is 9.89. The minimum atomic E-state index is -0.408. The van der Waals surface area contributed by atoms with Crippen molar-refractivity contribution < 1.29 is 18.7 Å². The van der Waals surface area contributed by atoms with Crippen molar-refractivity contribution in [3.63, 3.8) is 0 Å². The van der Waals surface area contributed by atoms with Crippen molar-refractivity contribution in [2.75, 3.05) is 6.54 Å². The van der Waals surface area contributed by atoms with Gasteiger partial charge in [-0.1, -0.05) is 24.3 Å². The first kappa shape index (κ1) is 22.6. The van der Waals surface area contributed by atoms with E-state index in [4.69, 9.17) is 0 Å². The normalized spacial score (nSPS) is 14.1. The number of amides is 1. The van der Waals surface area contributed by atoms with Crippen LogP contribution in [0.5, 0.6) is 0 Å². The van der Waals surface area contributed by atoms with Crippen molar-refractivity contribution in [1.82, 2.24) is 14.9 Å². The Morgan fingerprint density at radius 1 is 0.939 bits per heavy atom. The molecule has 0 bridgehead atoms. The maximum Gasteiger partial charge on any atom is 0.289 e. The molecule has 0 atom stereocenters. The molecule has 0 saturated carbocycles. The Morgan fingerprint density at radius 3 is 1.97 bits per heavy atom. The van der Waals surface area contributed by atoms with Crippen molar-refractivity contribution in [3.8, 4) is 0 Å². The van der Waals surface area contributed by atoms with E-state index < -0.39 is 5.91 Å². The van der Waals surface area contributed by atoms with Gasteiger partial charge in [-0.15, -0.1) is 0 Å². The molecule has 33 heavy (non-hydrogen) atoms. The predicted octanol–water partition coefficient (Wildman–Crippen LogP) is 4.84. The van der Waals surface area contributed by atoms with E-state index in [0.29, 0.717) is 24.1 Å². The maximum atomic E-state index is 13.4. The number of benzene rings is 2. The second-order valence-electron chi connectivity index (χ2n) is 8.54. The van der Waals surface area contributed by atoms with Gasteiger partial charge < -0.3 is 10.0 Å². The van der Waals surface area contributed by atoms with Crippen LogP contribution in [-0.4, -0.2) is 38.5 Å². The number of nitrogens with zero attached hydrogens (tertiary/aromatic N) is 3. The molecule has 1 aromatic heterocycles. The van der Waals surface area contributed by atoms with Crippen LogP contribution < -0.4 is 0 Å². The fraction of sp³-hybridized carbons (Fsp3) is 0.269. The minimum absolute atomic E-state index is 0.0526. The number of rotatable bonds is 7. The van der Waals surface area contributed by atoms with Crippen molar-refractivity contribution >= 4 is 11.5 Å². The second-order valence-corrected chi connectivity index (χ2v) is 8.54. The number of halogens is 2. The van der Waals surface area contributed by atoms with Crippen molar-refractivity contribution in [1.29, 1.82) is 0 Å². The molecule has 170 valence electrons. The number of hydrogen-bond donors (Lipinski definition) is 1. The molecule has 1 aliphatic heterocycles. The Morgan fingerprint density at radius 2 is 1.48 bits per heavy atom. The molecule has 0 radical (unpaired) electrons. The molecule has 2 aromatic carbocycles. The summed E-state index contributed by atoms with van der Waals surface area (Å²) in [6, 6.07) is 14.4. The van der Waals surface area contributed by atoms with Gasteiger partial charge in [-0.25, -0.2) is 18.7 Å². The van der Waals surface area contributed by atoms with Crippen LogP contribution >= 0.6 is 0 Å². The van der Waals surface area contributed by atoms with Gasteiger partial charge in [0.2, 0.25) is 0 Å². The fourth-order valence-electron chi connectivity index (χ4n) is 4.05. The Hall–Kier alpha value is -3.61. The van der Waals surface area contributed by atoms with E-state index in [1.54, 1.807) is 35.2 Å². The van der Waals surface area contributed by atoms with Gasteiger partial charge in [0.1, 0.15) is 18.0 Å². The minimum Gasteiger partial charge on any atom is -0.503 e. The quantitative estimate of drug-likeness (QED) is 0.560. The van der Waals surface area contributed by atoms with Crippen molar-refractivity contribution in [2.24, 2.45) is 0 Å². The van der Waals surface area contributed by atoms with Crippen LogP contribution in [-0.2, 0) is 17.6 Å². The second kappa shape index (κ2) is 9.48. The number of hydrogen-bond acceptors (Lipinski definition) is 4. The van der Waals surface area contributed by atoms with Crippen molar-refractivity contribution in [2.45, 2.75) is 38.6 Å². The molecule has 2 heterocycles. The topological polar surface area (TPSA) is 66.3 Å². The van der Waals surface area contributed by atoms with Crippen LogP contribution in [0.2, 0.25) is 0 Å². The van der Waals surface area contributed by atoms with E-state index in [9.17, 15) is 18.7 Å². The average Bonchev–Trinajstić information content (AvgIpc) is 3.11. The third kappa shape index (κ3) is 5.08. The van der Waals surface area contributed by atoms with Crippen LogP contribution in [0.3, 0.4) is 0 Å². The molecular weight excluding hydrogens is 424 g/mol. The highest BCUT2D eigenvalue weighted by Crippen LogP contribution is 2.30. The highest BCUT2D eigenvalue weighted by Gasteiger charge is 2.33. The molecule has 7 heteroatoms. The monoisotopic (exact) mass is 449 g/mol. The van der Waals surface area contributed by atoms with E-state index in [0.717, 1.165) is 16.8 Å². The lowest BCUT2D eigenvalue weighted by Gasteiger charge is -2.20. The summed E-state index contributed by atoms with van der Waals surface area (Å²) >= 11 is 0. The molecule has 1 aliphatic rings. The maximum absolute atomic E-state index is 13.4. The zero-order valence-corrected chi connectivity index (χ0v) is 18.5. The Bertz CT molecular complexity index is 1130. The largest absolute Gasteiger partial charge is 0.503 e. The summed E-state index contributed by atoms with van der Waals surface area (Å²) in [6.07, 6.45) is 2.59. The van der Waals surface area contributed by atoms with E-state index in [1.165, 1.54) is 30.6 Å². The molecule has 0 aliphatic carbocycles. The smallest absolute Gasteiger partial charge is 0.289 e. The molecule has 0 fully saturated rings. The van der Waals surface area contributed by atoms with E-state index in [1.807, 2.05) is 13.8 Å². The zero-order chi connectivity index (χ0) is 23.5. The summed E-state index contributed by atoms with van der Waals surface area (Å²) in [7, 11) is 0. The number of carbonyl (C=O) groups excluding carboxylic acids is 1. The molecule has 5 nitrogen and oxygen atoms in total. The summed E-state index contributed by atoms with van der Waals surface area (Å²) in [5, 5.41) is 10.4. The molecule has 1 amide bonds. The van der Waals surface area contributed by atoms with E-state index in [2.05, 4.69) is 9.97 Å². The van der Waals surface area contributed by atoms with Gasteiger partial charge in [-0.2, -0.15) is 0 Å². The third-order valence-electron chi connectivity index (χ3n) is 5.91. The van der Waals surface area contributed by atoms with Gasteiger partial charge in [-0.3, -0.25) is 4.79 Å². The molecule has 3 aromatic rings. The first-order valence-electron chi connectivity index (χ1n) is 10.9. The van der Waals surface area contributed by atoms with Crippen LogP contribution in [0, 0.1) is 11.6 Å². The molecule has 4 rings (SSSR count). The van der Waals surface area contributed by atoms with Gasteiger partial charge in [-0.05, 0) is 68.1 Å². The zero-order valence-electron chi connectivity index (χ0n) is 18.5. The molecule has 0 unspecified atom stereocenters. The third-order valence-corrected chi connectivity index (χ3v) is 5.91. The highest BCUT2D eigenvalue weighted by molar-refractivity contribution is 6.03. The number of aliphatic hydroxyl groups is 1. The summed E-state index contributed by atoms with van der Waals surface area (Å²) in [5.74, 6) is -1.41. The molecule has 0 saturated heterocycles.